The number of anilines is 1. The Kier molecular flexibility index (Phi) is 1.96. The number of fused-ring (bicyclic) bond motifs is 1. The predicted molar refractivity (Wildman–Crippen MR) is 60.8 cm³/mol. The Bertz CT molecular complexity index is 505. The van der Waals surface area contributed by atoms with Crippen LogP contribution in [0, 0.1) is 6.92 Å². The number of hydrogen-bond acceptors (Lipinski definition) is 3. The van der Waals surface area contributed by atoms with Gasteiger partial charge in [0.15, 0.2) is 5.65 Å². The minimum atomic E-state index is -0.0281. The number of pyridine rings is 1. The second kappa shape index (κ2) is 2.95. The molecule has 2 N–H and O–H groups in total. The predicted octanol–water partition coefficient (Wildman–Crippen LogP) is 1.92. The first-order chi connectivity index (χ1) is 6.89. The first-order valence-electron chi connectivity index (χ1n) is 5.01. The number of hydrogen-bond donors (Lipinski definition) is 1. The van der Waals surface area contributed by atoms with Crippen LogP contribution in [0.3, 0.4) is 0 Å². The van der Waals surface area contributed by atoms with Crippen LogP contribution in [0.1, 0.15) is 32.2 Å². The van der Waals surface area contributed by atoms with E-state index in [1.165, 1.54) is 0 Å². The highest BCUT2D eigenvalue weighted by molar-refractivity contribution is 5.54. The Morgan fingerprint density at radius 3 is 2.53 bits per heavy atom. The fraction of sp³-hybridized carbons (Fsp3) is 0.455. The molecule has 80 valence electrons. The molecule has 0 saturated carbocycles. The molecule has 0 bridgehead atoms. The van der Waals surface area contributed by atoms with Gasteiger partial charge in [0.05, 0.1) is 0 Å². The monoisotopic (exact) mass is 204 g/mol. The summed E-state index contributed by atoms with van der Waals surface area (Å²) in [4.78, 5) is 0. The molecular formula is C11H16N4. The number of aromatic nitrogens is 3. The molecule has 15 heavy (non-hydrogen) atoms. The highest BCUT2D eigenvalue weighted by atomic mass is 15.3. The van der Waals surface area contributed by atoms with Crippen molar-refractivity contribution < 1.29 is 0 Å². The molecule has 4 heteroatoms. The summed E-state index contributed by atoms with van der Waals surface area (Å²) in [6.45, 7) is 8.33. The minimum Gasteiger partial charge on any atom is -0.398 e. The summed E-state index contributed by atoms with van der Waals surface area (Å²) in [5.74, 6) is 0.938. The van der Waals surface area contributed by atoms with Gasteiger partial charge in [-0.3, -0.25) is 4.40 Å². The van der Waals surface area contributed by atoms with Gasteiger partial charge in [0.25, 0.3) is 0 Å². The van der Waals surface area contributed by atoms with Crippen molar-refractivity contribution in [3.05, 3.63) is 23.7 Å². The van der Waals surface area contributed by atoms with Gasteiger partial charge in [0, 0.05) is 17.3 Å². The van der Waals surface area contributed by atoms with Crippen LogP contribution in [0.2, 0.25) is 0 Å². The highest BCUT2D eigenvalue weighted by Gasteiger charge is 2.21. The topological polar surface area (TPSA) is 56.2 Å². The molecule has 0 aliphatic carbocycles. The van der Waals surface area contributed by atoms with Gasteiger partial charge in [0.1, 0.15) is 5.82 Å². The average molecular weight is 204 g/mol. The molecule has 4 nitrogen and oxygen atoms in total. The zero-order valence-corrected chi connectivity index (χ0v) is 9.57. The van der Waals surface area contributed by atoms with Crippen molar-refractivity contribution in [1.82, 2.24) is 14.6 Å². The van der Waals surface area contributed by atoms with E-state index >= 15 is 0 Å². The first-order valence-corrected chi connectivity index (χ1v) is 5.01. The summed E-state index contributed by atoms with van der Waals surface area (Å²) in [5, 5.41) is 8.41. The molecule has 0 aromatic carbocycles. The van der Waals surface area contributed by atoms with E-state index in [1.807, 2.05) is 23.6 Å². The van der Waals surface area contributed by atoms with E-state index in [4.69, 9.17) is 5.73 Å². The lowest BCUT2D eigenvalue weighted by Gasteiger charge is -2.15. The number of nitrogen functional groups attached to an aromatic ring is 1. The first kappa shape index (κ1) is 9.96. The molecule has 0 fully saturated rings. The molecule has 0 unspecified atom stereocenters. The van der Waals surface area contributed by atoms with Gasteiger partial charge < -0.3 is 5.73 Å². The summed E-state index contributed by atoms with van der Waals surface area (Å²) in [5.41, 5.74) is 8.47. The van der Waals surface area contributed by atoms with E-state index in [-0.39, 0.29) is 5.41 Å². The third kappa shape index (κ3) is 1.56. The molecule has 2 rings (SSSR count). The Balaban J connectivity index is 2.80. The third-order valence-corrected chi connectivity index (χ3v) is 2.38. The van der Waals surface area contributed by atoms with Gasteiger partial charge in [0.2, 0.25) is 0 Å². The maximum atomic E-state index is 5.82. The molecule has 0 atom stereocenters. The lowest BCUT2D eigenvalue weighted by molar-refractivity contribution is 0.539. The van der Waals surface area contributed by atoms with Crippen molar-refractivity contribution in [2.45, 2.75) is 33.1 Å². The largest absolute Gasteiger partial charge is 0.398 e. The van der Waals surface area contributed by atoms with Crippen molar-refractivity contribution in [2.24, 2.45) is 0 Å². The van der Waals surface area contributed by atoms with Crippen molar-refractivity contribution in [3.8, 4) is 0 Å². The number of rotatable bonds is 0. The van der Waals surface area contributed by atoms with Gasteiger partial charge in [-0.25, -0.2) is 0 Å². The normalized spacial score (nSPS) is 12.3. The third-order valence-electron chi connectivity index (χ3n) is 2.38. The molecule has 2 aromatic heterocycles. The standard InChI is InChI=1S/C11H16N4/c1-7-5-8(12)6-15-9(7)13-14-10(15)11(2,3)4/h5-6H,12H2,1-4H3. The molecule has 0 aliphatic rings. The van der Waals surface area contributed by atoms with E-state index in [1.54, 1.807) is 0 Å². The zero-order chi connectivity index (χ0) is 11.2. The van der Waals surface area contributed by atoms with Crippen LogP contribution in [-0.4, -0.2) is 14.6 Å². The quantitative estimate of drug-likeness (QED) is 0.713. The van der Waals surface area contributed by atoms with Crippen LogP contribution in [0.15, 0.2) is 12.3 Å². The van der Waals surface area contributed by atoms with E-state index in [2.05, 4.69) is 31.0 Å². The van der Waals surface area contributed by atoms with Crippen LogP contribution in [0.4, 0.5) is 5.69 Å². The lowest BCUT2D eigenvalue weighted by Crippen LogP contribution is -2.16. The van der Waals surface area contributed by atoms with E-state index in [0.717, 1.165) is 22.7 Å². The minimum absolute atomic E-state index is 0.0281. The van der Waals surface area contributed by atoms with Crippen LogP contribution < -0.4 is 5.73 Å². The maximum Gasteiger partial charge on any atom is 0.163 e. The number of nitrogens with two attached hydrogens (primary N) is 1. The van der Waals surface area contributed by atoms with E-state index in [0.29, 0.717) is 0 Å². The van der Waals surface area contributed by atoms with Gasteiger partial charge in [-0.2, -0.15) is 0 Å². The van der Waals surface area contributed by atoms with Gasteiger partial charge >= 0.3 is 0 Å². The fourth-order valence-electron chi connectivity index (χ4n) is 1.69. The van der Waals surface area contributed by atoms with Crippen molar-refractivity contribution in [3.63, 3.8) is 0 Å². The second-order valence-electron chi connectivity index (χ2n) is 4.92. The SMILES string of the molecule is Cc1cc(N)cn2c(C(C)(C)C)nnc12. The summed E-state index contributed by atoms with van der Waals surface area (Å²) in [6, 6.07) is 1.91. The smallest absolute Gasteiger partial charge is 0.163 e. The van der Waals surface area contributed by atoms with Gasteiger partial charge in [-0.05, 0) is 18.6 Å². The molecule has 2 aromatic rings. The van der Waals surface area contributed by atoms with E-state index in [9.17, 15) is 0 Å². The Labute approximate surface area is 89.1 Å². The van der Waals surface area contributed by atoms with Crippen LogP contribution >= 0.6 is 0 Å². The van der Waals surface area contributed by atoms with Crippen LogP contribution in [0.5, 0.6) is 0 Å². The maximum absolute atomic E-state index is 5.82. The fourth-order valence-corrected chi connectivity index (χ4v) is 1.69. The van der Waals surface area contributed by atoms with Crippen molar-refractivity contribution >= 4 is 11.3 Å². The Hall–Kier alpha value is -1.58. The summed E-state index contributed by atoms with van der Waals surface area (Å²) in [6.07, 6.45) is 1.88. The summed E-state index contributed by atoms with van der Waals surface area (Å²) < 4.78 is 1.98. The number of nitrogens with zero attached hydrogens (tertiary/aromatic N) is 3. The molecule has 0 amide bonds. The van der Waals surface area contributed by atoms with Gasteiger partial charge in [-0.1, -0.05) is 20.8 Å². The molecule has 0 radical (unpaired) electrons. The lowest BCUT2D eigenvalue weighted by atomic mass is 9.96. The van der Waals surface area contributed by atoms with Crippen LogP contribution in [0.25, 0.3) is 5.65 Å². The summed E-state index contributed by atoms with van der Waals surface area (Å²) >= 11 is 0. The molecule has 0 spiro atoms. The van der Waals surface area contributed by atoms with E-state index < -0.39 is 0 Å². The highest BCUT2D eigenvalue weighted by Crippen LogP contribution is 2.23. The Morgan fingerprint density at radius 1 is 1.27 bits per heavy atom. The molecule has 0 saturated heterocycles. The Morgan fingerprint density at radius 2 is 1.93 bits per heavy atom. The molecule has 2 heterocycles. The van der Waals surface area contributed by atoms with Gasteiger partial charge in [-0.15, -0.1) is 10.2 Å². The number of aryl methyl sites for hydroxylation is 1. The van der Waals surface area contributed by atoms with Crippen LogP contribution in [-0.2, 0) is 5.41 Å². The van der Waals surface area contributed by atoms with Crippen molar-refractivity contribution in [2.75, 3.05) is 5.73 Å². The van der Waals surface area contributed by atoms with Crippen molar-refractivity contribution in [1.29, 1.82) is 0 Å². The summed E-state index contributed by atoms with van der Waals surface area (Å²) in [7, 11) is 0. The molecule has 0 aliphatic heterocycles. The molecular weight excluding hydrogens is 188 g/mol. The average Bonchev–Trinajstić information content (AvgIpc) is 2.45. The zero-order valence-electron chi connectivity index (χ0n) is 9.57. The second-order valence-corrected chi connectivity index (χ2v) is 4.92.